The molecule has 1 fully saturated rings. The van der Waals surface area contributed by atoms with Crippen molar-refractivity contribution in [3.8, 4) is 0 Å². The van der Waals surface area contributed by atoms with Crippen molar-refractivity contribution in [2.24, 2.45) is 5.92 Å². The summed E-state index contributed by atoms with van der Waals surface area (Å²) in [5, 5.41) is 0. The smallest absolute Gasteiger partial charge is 0.123 e. The molecule has 0 saturated carbocycles. The summed E-state index contributed by atoms with van der Waals surface area (Å²) in [5.41, 5.74) is 0. The standard InChI is InChI=1S/C10H19NO/c1-4-11-8(2)5-10(7-12)6-9(11)3/h7-10H,4-6H2,1-3H3/t8-,9+,10?. The summed E-state index contributed by atoms with van der Waals surface area (Å²) in [6, 6.07) is 1.16. The topological polar surface area (TPSA) is 20.3 Å². The quantitative estimate of drug-likeness (QED) is 0.586. The van der Waals surface area contributed by atoms with Crippen LogP contribution < -0.4 is 0 Å². The summed E-state index contributed by atoms with van der Waals surface area (Å²) >= 11 is 0. The van der Waals surface area contributed by atoms with E-state index >= 15 is 0 Å². The third-order valence-corrected chi connectivity index (χ3v) is 2.98. The average molecular weight is 169 g/mol. The maximum atomic E-state index is 10.6. The van der Waals surface area contributed by atoms with Crippen LogP contribution in [0.15, 0.2) is 0 Å². The normalized spacial score (nSPS) is 38.1. The molecule has 1 heterocycles. The summed E-state index contributed by atoms with van der Waals surface area (Å²) in [6.07, 6.45) is 3.21. The number of aldehydes is 1. The highest BCUT2D eigenvalue weighted by molar-refractivity contribution is 5.53. The zero-order valence-electron chi connectivity index (χ0n) is 8.29. The first-order valence-corrected chi connectivity index (χ1v) is 4.90. The monoisotopic (exact) mass is 169 g/mol. The van der Waals surface area contributed by atoms with E-state index in [1.54, 1.807) is 0 Å². The van der Waals surface area contributed by atoms with Crippen LogP contribution in [0.25, 0.3) is 0 Å². The predicted molar refractivity (Wildman–Crippen MR) is 50.1 cm³/mol. The third kappa shape index (κ3) is 1.86. The molecule has 12 heavy (non-hydrogen) atoms. The molecular formula is C10H19NO. The molecule has 0 spiro atoms. The van der Waals surface area contributed by atoms with Crippen LogP contribution in [0.1, 0.15) is 33.6 Å². The molecule has 1 rings (SSSR count). The number of hydrogen-bond donors (Lipinski definition) is 0. The van der Waals surface area contributed by atoms with Crippen LogP contribution in [0.2, 0.25) is 0 Å². The number of piperidine rings is 1. The van der Waals surface area contributed by atoms with Gasteiger partial charge < -0.3 is 4.79 Å². The summed E-state index contributed by atoms with van der Waals surface area (Å²) in [6.45, 7) is 7.73. The molecule has 0 aromatic carbocycles. The number of rotatable bonds is 2. The van der Waals surface area contributed by atoms with E-state index in [1.165, 1.54) is 0 Å². The minimum Gasteiger partial charge on any atom is -0.303 e. The van der Waals surface area contributed by atoms with E-state index in [9.17, 15) is 4.79 Å². The number of hydrogen-bond acceptors (Lipinski definition) is 2. The minimum atomic E-state index is 0.304. The van der Waals surface area contributed by atoms with Gasteiger partial charge in [-0.3, -0.25) is 4.90 Å². The fourth-order valence-corrected chi connectivity index (χ4v) is 2.41. The molecule has 1 unspecified atom stereocenters. The first-order valence-electron chi connectivity index (χ1n) is 4.90. The SMILES string of the molecule is CCN1[C@H](C)CC(C=O)C[C@@H]1C. The van der Waals surface area contributed by atoms with Crippen molar-refractivity contribution in [2.75, 3.05) is 6.54 Å². The van der Waals surface area contributed by atoms with Gasteiger partial charge in [-0.15, -0.1) is 0 Å². The molecule has 2 nitrogen and oxygen atoms in total. The Morgan fingerprint density at radius 3 is 2.17 bits per heavy atom. The van der Waals surface area contributed by atoms with Crippen LogP contribution in [0.4, 0.5) is 0 Å². The molecule has 0 bridgehead atoms. The molecule has 1 aliphatic heterocycles. The second-order valence-electron chi connectivity index (χ2n) is 3.90. The van der Waals surface area contributed by atoms with Crippen LogP contribution >= 0.6 is 0 Å². The third-order valence-electron chi connectivity index (χ3n) is 2.98. The van der Waals surface area contributed by atoms with Crippen molar-refractivity contribution < 1.29 is 4.79 Å². The number of carbonyl (C=O) groups is 1. The largest absolute Gasteiger partial charge is 0.303 e. The van der Waals surface area contributed by atoms with E-state index in [2.05, 4.69) is 25.7 Å². The van der Waals surface area contributed by atoms with Gasteiger partial charge in [-0.05, 0) is 33.2 Å². The van der Waals surface area contributed by atoms with Crippen LogP contribution in [0, 0.1) is 5.92 Å². The Hall–Kier alpha value is -0.370. The second kappa shape index (κ2) is 4.04. The maximum absolute atomic E-state index is 10.6. The van der Waals surface area contributed by atoms with Crippen molar-refractivity contribution in [2.45, 2.75) is 45.7 Å². The van der Waals surface area contributed by atoms with Crippen molar-refractivity contribution in [3.63, 3.8) is 0 Å². The number of nitrogens with zero attached hydrogens (tertiary/aromatic N) is 1. The van der Waals surface area contributed by atoms with Crippen molar-refractivity contribution in [1.29, 1.82) is 0 Å². The fourth-order valence-electron chi connectivity index (χ4n) is 2.41. The number of likely N-dealkylation sites (tertiary alicyclic amines) is 1. The Bertz CT molecular complexity index is 146. The van der Waals surface area contributed by atoms with Crippen LogP contribution in [0.5, 0.6) is 0 Å². The van der Waals surface area contributed by atoms with E-state index < -0.39 is 0 Å². The lowest BCUT2D eigenvalue weighted by Gasteiger charge is -2.40. The van der Waals surface area contributed by atoms with Gasteiger partial charge in [0, 0.05) is 18.0 Å². The Balaban J connectivity index is 2.56. The molecule has 0 N–H and O–H groups in total. The molecule has 0 radical (unpaired) electrons. The molecule has 1 aliphatic rings. The van der Waals surface area contributed by atoms with Gasteiger partial charge in [-0.1, -0.05) is 6.92 Å². The zero-order valence-corrected chi connectivity index (χ0v) is 8.29. The van der Waals surface area contributed by atoms with Crippen LogP contribution in [0.3, 0.4) is 0 Å². The maximum Gasteiger partial charge on any atom is 0.123 e. The Kier molecular flexibility index (Phi) is 3.27. The Labute approximate surface area is 74.9 Å². The zero-order chi connectivity index (χ0) is 9.14. The second-order valence-corrected chi connectivity index (χ2v) is 3.90. The van der Waals surface area contributed by atoms with Gasteiger partial charge >= 0.3 is 0 Å². The molecule has 1 saturated heterocycles. The minimum absolute atomic E-state index is 0.304. The lowest BCUT2D eigenvalue weighted by molar-refractivity contribution is -0.113. The van der Waals surface area contributed by atoms with Gasteiger partial charge in [0.1, 0.15) is 6.29 Å². The van der Waals surface area contributed by atoms with E-state index in [1.807, 2.05) is 0 Å². The fraction of sp³-hybridized carbons (Fsp3) is 0.900. The molecule has 2 heteroatoms. The van der Waals surface area contributed by atoms with E-state index in [0.29, 0.717) is 18.0 Å². The van der Waals surface area contributed by atoms with Gasteiger partial charge in [0.25, 0.3) is 0 Å². The molecule has 0 aromatic heterocycles. The van der Waals surface area contributed by atoms with E-state index in [4.69, 9.17) is 0 Å². The van der Waals surface area contributed by atoms with Crippen LogP contribution in [-0.2, 0) is 4.79 Å². The Morgan fingerprint density at radius 2 is 1.83 bits per heavy atom. The lowest BCUT2D eigenvalue weighted by atomic mass is 9.88. The molecule has 0 aliphatic carbocycles. The molecule has 0 aromatic rings. The van der Waals surface area contributed by atoms with Crippen LogP contribution in [-0.4, -0.2) is 29.8 Å². The van der Waals surface area contributed by atoms with Gasteiger partial charge in [0.05, 0.1) is 0 Å². The van der Waals surface area contributed by atoms with Crippen molar-refractivity contribution in [1.82, 2.24) is 4.90 Å². The predicted octanol–water partition coefficient (Wildman–Crippen LogP) is 1.69. The summed E-state index contributed by atoms with van der Waals surface area (Å²) in [4.78, 5) is 13.1. The first kappa shape index (κ1) is 9.72. The lowest BCUT2D eigenvalue weighted by Crippen LogP contribution is -2.46. The van der Waals surface area contributed by atoms with Crippen molar-refractivity contribution in [3.05, 3.63) is 0 Å². The highest BCUT2D eigenvalue weighted by Gasteiger charge is 2.28. The van der Waals surface area contributed by atoms with Gasteiger partial charge in [-0.2, -0.15) is 0 Å². The van der Waals surface area contributed by atoms with Gasteiger partial charge in [-0.25, -0.2) is 0 Å². The molecule has 0 amide bonds. The highest BCUT2D eigenvalue weighted by atomic mass is 16.1. The molecule has 3 atom stereocenters. The van der Waals surface area contributed by atoms with E-state index in [0.717, 1.165) is 25.7 Å². The average Bonchev–Trinajstić information content (AvgIpc) is 2.03. The first-order chi connectivity index (χ1) is 5.69. The summed E-state index contributed by atoms with van der Waals surface area (Å²) in [5.74, 6) is 0.304. The molecule has 70 valence electrons. The summed E-state index contributed by atoms with van der Waals surface area (Å²) < 4.78 is 0. The number of carbonyl (C=O) groups excluding carboxylic acids is 1. The van der Waals surface area contributed by atoms with E-state index in [-0.39, 0.29) is 0 Å². The van der Waals surface area contributed by atoms with Gasteiger partial charge in [0.2, 0.25) is 0 Å². The molecular weight excluding hydrogens is 150 g/mol. The van der Waals surface area contributed by atoms with Crippen molar-refractivity contribution >= 4 is 6.29 Å². The Morgan fingerprint density at radius 1 is 1.33 bits per heavy atom. The highest BCUT2D eigenvalue weighted by Crippen LogP contribution is 2.25. The van der Waals surface area contributed by atoms with Gasteiger partial charge in [0.15, 0.2) is 0 Å². The summed E-state index contributed by atoms with van der Waals surface area (Å²) in [7, 11) is 0.